The summed E-state index contributed by atoms with van der Waals surface area (Å²) in [5, 5.41) is 4.52. The molecule has 1 heterocycles. The number of benzene rings is 2. The van der Waals surface area contributed by atoms with E-state index < -0.39 is 5.97 Å². The van der Waals surface area contributed by atoms with E-state index in [1.54, 1.807) is 24.8 Å². The van der Waals surface area contributed by atoms with Gasteiger partial charge in [-0.3, -0.25) is 4.79 Å². The minimum absolute atomic E-state index is 0.0587. The summed E-state index contributed by atoms with van der Waals surface area (Å²) in [7, 11) is 1.62. The number of carbonyl (C=O) groups is 2. The molecule has 0 N–H and O–H groups in total. The molecule has 1 saturated carbocycles. The lowest BCUT2D eigenvalue weighted by Gasteiger charge is -2.22. The van der Waals surface area contributed by atoms with Crippen molar-refractivity contribution in [3.8, 4) is 22.7 Å². The normalized spacial score (nSPS) is 12.9. The van der Waals surface area contributed by atoms with Gasteiger partial charge in [-0.1, -0.05) is 6.92 Å². The zero-order valence-electron chi connectivity index (χ0n) is 20.0. The second-order valence-corrected chi connectivity index (χ2v) is 8.52. The number of esters is 1. The van der Waals surface area contributed by atoms with Gasteiger partial charge >= 0.3 is 5.97 Å². The van der Waals surface area contributed by atoms with Gasteiger partial charge in [0.1, 0.15) is 5.75 Å². The zero-order chi connectivity index (χ0) is 24.1. The minimum Gasteiger partial charge on any atom is -0.497 e. The lowest BCUT2D eigenvalue weighted by molar-refractivity contribution is 0.0518. The van der Waals surface area contributed by atoms with Gasteiger partial charge in [0.15, 0.2) is 5.69 Å². The predicted molar refractivity (Wildman–Crippen MR) is 130 cm³/mol. The van der Waals surface area contributed by atoms with Crippen LogP contribution in [0.4, 0.5) is 0 Å². The molecule has 0 spiro atoms. The first-order valence-electron chi connectivity index (χ1n) is 11.8. The molecular formula is C27H31N3O4. The highest BCUT2D eigenvalue weighted by molar-refractivity contribution is 5.94. The molecule has 2 aromatic carbocycles. The summed E-state index contributed by atoms with van der Waals surface area (Å²) in [4.78, 5) is 27.4. The smallest absolute Gasteiger partial charge is 0.358 e. The molecule has 7 nitrogen and oxygen atoms in total. The van der Waals surface area contributed by atoms with E-state index in [1.165, 1.54) is 12.8 Å². The number of aromatic nitrogens is 2. The molecule has 0 atom stereocenters. The molecule has 1 fully saturated rings. The molecular weight excluding hydrogens is 430 g/mol. The van der Waals surface area contributed by atoms with Crippen molar-refractivity contribution in [2.75, 3.05) is 26.8 Å². The summed E-state index contributed by atoms with van der Waals surface area (Å²) < 4.78 is 12.1. The third-order valence-electron chi connectivity index (χ3n) is 5.89. The summed E-state index contributed by atoms with van der Waals surface area (Å²) in [6, 6.07) is 16.7. The first-order valence-corrected chi connectivity index (χ1v) is 11.8. The van der Waals surface area contributed by atoms with Crippen molar-refractivity contribution in [1.82, 2.24) is 14.7 Å². The van der Waals surface area contributed by atoms with E-state index >= 15 is 0 Å². The Morgan fingerprint density at radius 2 is 1.76 bits per heavy atom. The van der Waals surface area contributed by atoms with Crippen LogP contribution in [0, 0.1) is 5.92 Å². The molecule has 1 aliphatic carbocycles. The van der Waals surface area contributed by atoms with E-state index in [0.717, 1.165) is 42.2 Å². The Morgan fingerprint density at radius 3 is 2.35 bits per heavy atom. The van der Waals surface area contributed by atoms with E-state index in [4.69, 9.17) is 9.47 Å². The number of hydrogen-bond donors (Lipinski definition) is 0. The Hall–Kier alpha value is -3.61. The van der Waals surface area contributed by atoms with Crippen molar-refractivity contribution in [3.05, 3.63) is 65.9 Å². The average molecular weight is 462 g/mol. The van der Waals surface area contributed by atoms with Crippen LogP contribution >= 0.6 is 0 Å². The number of methoxy groups -OCH3 is 1. The van der Waals surface area contributed by atoms with Gasteiger partial charge in [-0.15, -0.1) is 0 Å². The Kier molecular flexibility index (Phi) is 7.30. The first-order chi connectivity index (χ1) is 16.5. The maximum Gasteiger partial charge on any atom is 0.358 e. The third-order valence-corrected chi connectivity index (χ3v) is 5.89. The first kappa shape index (κ1) is 23.5. The van der Waals surface area contributed by atoms with E-state index in [0.29, 0.717) is 11.5 Å². The van der Waals surface area contributed by atoms with Gasteiger partial charge in [0.05, 0.1) is 25.1 Å². The SMILES string of the molecule is CCCN(CC1CC1)C(=O)c1ccc(-n2nc(C(=O)OCC)cc2-c2ccc(OC)cc2)cc1. The highest BCUT2D eigenvalue weighted by atomic mass is 16.5. The van der Waals surface area contributed by atoms with Crippen LogP contribution in [0.15, 0.2) is 54.6 Å². The third kappa shape index (κ3) is 5.30. The molecule has 4 rings (SSSR count). The summed E-state index contributed by atoms with van der Waals surface area (Å²) in [6.45, 7) is 5.73. The van der Waals surface area contributed by atoms with Crippen LogP contribution in [0.5, 0.6) is 5.75 Å². The van der Waals surface area contributed by atoms with Crippen molar-refractivity contribution in [2.24, 2.45) is 5.92 Å². The van der Waals surface area contributed by atoms with Gasteiger partial charge in [0.2, 0.25) is 0 Å². The molecule has 0 radical (unpaired) electrons. The van der Waals surface area contributed by atoms with Gasteiger partial charge in [-0.05, 0) is 86.7 Å². The van der Waals surface area contributed by atoms with Gasteiger partial charge < -0.3 is 14.4 Å². The zero-order valence-corrected chi connectivity index (χ0v) is 20.0. The summed E-state index contributed by atoms with van der Waals surface area (Å²) in [6.07, 6.45) is 3.36. The highest BCUT2D eigenvalue weighted by Gasteiger charge is 2.27. The van der Waals surface area contributed by atoms with Crippen LogP contribution in [0.3, 0.4) is 0 Å². The fourth-order valence-corrected chi connectivity index (χ4v) is 3.94. The summed E-state index contributed by atoms with van der Waals surface area (Å²) in [5.41, 5.74) is 3.25. The number of amides is 1. The van der Waals surface area contributed by atoms with Gasteiger partial charge in [0.25, 0.3) is 5.91 Å². The Bertz CT molecular complexity index is 1130. The maximum absolute atomic E-state index is 13.1. The molecule has 178 valence electrons. The molecule has 3 aromatic rings. The number of carbonyl (C=O) groups excluding carboxylic acids is 2. The maximum atomic E-state index is 13.1. The molecule has 0 unspecified atom stereocenters. The predicted octanol–water partition coefficient (Wildman–Crippen LogP) is 4.99. The van der Waals surface area contributed by atoms with Crippen molar-refractivity contribution >= 4 is 11.9 Å². The van der Waals surface area contributed by atoms with Crippen molar-refractivity contribution < 1.29 is 19.1 Å². The Morgan fingerprint density at radius 1 is 1.06 bits per heavy atom. The monoisotopic (exact) mass is 461 g/mol. The summed E-state index contributed by atoms with van der Waals surface area (Å²) in [5.74, 6) is 0.972. The van der Waals surface area contributed by atoms with Crippen LogP contribution < -0.4 is 4.74 Å². The quantitative estimate of drug-likeness (QED) is 0.398. The molecule has 0 bridgehead atoms. The molecule has 0 aliphatic heterocycles. The second-order valence-electron chi connectivity index (χ2n) is 8.52. The standard InChI is InChI=1S/C27H31N3O4/c1-4-16-29(18-19-6-7-19)26(31)21-8-12-22(13-9-21)30-25(17-24(28-30)27(32)34-5-2)20-10-14-23(33-3)15-11-20/h8-15,17,19H,4-7,16,18H2,1-3H3. The number of nitrogens with zero attached hydrogens (tertiary/aromatic N) is 3. The minimum atomic E-state index is -0.474. The lowest BCUT2D eigenvalue weighted by Crippen LogP contribution is -2.33. The van der Waals surface area contributed by atoms with Crippen LogP contribution in [0.2, 0.25) is 0 Å². The van der Waals surface area contributed by atoms with Crippen LogP contribution in [-0.2, 0) is 4.74 Å². The van der Waals surface area contributed by atoms with Gasteiger partial charge in [0, 0.05) is 24.2 Å². The average Bonchev–Trinajstić information content (AvgIpc) is 3.57. The van der Waals surface area contributed by atoms with Crippen LogP contribution in [-0.4, -0.2) is 53.4 Å². The molecule has 1 amide bonds. The fourth-order valence-electron chi connectivity index (χ4n) is 3.94. The van der Waals surface area contributed by atoms with E-state index in [1.807, 2.05) is 53.4 Å². The van der Waals surface area contributed by atoms with E-state index in [9.17, 15) is 9.59 Å². The fraction of sp³-hybridized carbons (Fsp3) is 0.370. The Labute approximate surface area is 200 Å². The molecule has 0 saturated heterocycles. The van der Waals surface area contributed by atoms with Crippen molar-refractivity contribution in [3.63, 3.8) is 0 Å². The number of rotatable bonds is 10. The molecule has 7 heteroatoms. The highest BCUT2D eigenvalue weighted by Crippen LogP contribution is 2.30. The van der Waals surface area contributed by atoms with Crippen molar-refractivity contribution in [1.29, 1.82) is 0 Å². The number of hydrogen-bond acceptors (Lipinski definition) is 5. The molecule has 34 heavy (non-hydrogen) atoms. The van der Waals surface area contributed by atoms with Gasteiger partial charge in [-0.25, -0.2) is 9.48 Å². The second kappa shape index (κ2) is 10.5. The van der Waals surface area contributed by atoms with Gasteiger partial charge in [-0.2, -0.15) is 5.10 Å². The van der Waals surface area contributed by atoms with Crippen LogP contribution in [0.25, 0.3) is 16.9 Å². The van der Waals surface area contributed by atoms with Crippen LogP contribution in [0.1, 0.15) is 54.0 Å². The van der Waals surface area contributed by atoms with Crippen molar-refractivity contribution in [2.45, 2.75) is 33.1 Å². The summed E-state index contributed by atoms with van der Waals surface area (Å²) >= 11 is 0. The molecule has 1 aromatic heterocycles. The molecule has 1 aliphatic rings. The van der Waals surface area contributed by atoms with E-state index in [2.05, 4.69) is 12.0 Å². The largest absolute Gasteiger partial charge is 0.497 e. The Balaban J connectivity index is 1.65. The topological polar surface area (TPSA) is 73.7 Å². The number of ether oxygens (including phenoxy) is 2. The lowest BCUT2D eigenvalue weighted by atomic mass is 10.1. The van der Waals surface area contributed by atoms with E-state index in [-0.39, 0.29) is 18.2 Å².